The Morgan fingerprint density at radius 2 is 2.25 bits per heavy atom. The average molecular weight is 341 g/mol. The second-order valence-corrected chi connectivity index (χ2v) is 7.01. The van der Waals surface area contributed by atoms with Crippen LogP contribution in [-0.4, -0.2) is 26.9 Å². The molecule has 6 heteroatoms. The smallest absolute Gasteiger partial charge is 0.236 e. The molecule has 0 aromatic carbocycles. The molecule has 4 rings (SSSR count). The minimum absolute atomic E-state index is 0.0882. The number of amides is 1. The van der Waals surface area contributed by atoms with Gasteiger partial charge in [0.05, 0.1) is 23.0 Å². The van der Waals surface area contributed by atoms with E-state index in [2.05, 4.69) is 28.7 Å². The molecule has 0 bridgehead atoms. The van der Waals surface area contributed by atoms with E-state index < -0.39 is 0 Å². The summed E-state index contributed by atoms with van der Waals surface area (Å²) < 4.78 is 7.96. The van der Waals surface area contributed by atoms with Crippen molar-refractivity contribution in [3.8, 4) is 10.8 Å². The number of hydrogen-bond acceptors (Lipinski definition) is 4. The van der Waals surface area contributed by atoms with Gasteiger partial charge in [0.2, 0.25) is 11.8 Å². The molecule has 1 unspecified atom stereocenters. The molecule has 0 saturated carbocycles. The summed E-state index contributed by atoms with van der Waals surface area (Å²) in [5.74, 6) is 1.43. The maximum Gasteiger partial charge on any atom is 0.236 e. The van der Waals surface area contributed by atoms with Crippen LogP contribution >= 0.6 is 11.3 Å². The molecule has 3 aromatic rings. The number of nitrogens with zero attached hydrogens (tertiary/aromatic N) is 3. The van der Waals surface area contributed by atoms with E-state index in [0.29, 0.717) is 5.89 Å². The van der Waals surface area contributed by atoms with Crippen molar-refractivity contribution in [3.05, 3.63) is 53.0 Å². The van der Waals surface area contributed by atoms with Gasteiger partial charge in [-0.15, -0.1) is 11.3 Å². The first-order valence-electron chi connectivity index (χ1n) is 8.08. The van der Waals surface area contributed by atoms with Gasteiger partial charge in [-0.3, -0.25) is 4.79 Å². The lowest BCUT2D eigenvalue weighted by molar-refractivity contribution is -0.133. The van der Waals surface area contributed by atoms with E-state index in [9.17, 15) is 4.79 Å². The number of oxazole rings is 1. The summed E-state index contributed by atoms with van der Waals surface area (Å²) in [6, 6.07) is 8.15. The van der Waals surface area contributed by atoms with E-state index in [-0.39, 0.29) is 18.4 Å². The SMILES string of the molecule is Cc1oc(-c2cccs2)nc1CC(=O)N1CCn2cccc2C1C. The van der Waals surface area contributed by atoms with Crippen LogP contribution in [0.3, 0.4) is 0 Å². The summed E-state index contributed by atoms with van der Waals surface area (Å²) >= 11 is 1.58. The molecule has 0 fully saturated rings. The van der Waals surface area contributed by atoms with Crippen LogP contribution in [0, 0.1) is 6.92 Å². The normalized spacial score (nSPS) is 17.1. The zero-order valence-corrected chi connectivity index (χ0v) is 14.5. The van der Waals surface area contributed by atoms with Crippen molar-refractivity contribution in [2.45, 2.75) is 32.9 Å². The Hall–Kier alpha value is -2.34. The second-order valence-electron chi connectivity index (χ2n) is 6.07. The number of hydrogen-bond donors (Lipinski definition) is 0. The van der Waals surface area contributed by atoms with Gasteiger partial charge in [-0.1, -0.05) is 6.07 Å². The van der Waals surface area contributed by atoms with Gasteiger partial charge < -0.3 is 13.9 Å². The lowest BCUT2D eigenvalue weighted by Gasteiger charge is -2.34. The number of carbonyl (C=O) groups is 1. The molecule has 3 aromatic heterocycles. The number of carbonyl (C=O) groups excluding carboxylic acids is 1. The second kappa shape index (κ2) is 5.94. The van der Waals surface area contributed by atoms with E-state index in [1.54, 1.807) is 11.3 Å². The fraction of sp³-hybridized carbons (Fsp3) is 0.333. The maximum absolute atomic E-state index is 12.8. The summed E-state index contributed by atoms with van der Waals surface area (Å²) in [6.07, 6.45) is 2.36. The van der Waals surface area contributed by atoms with Crippen molar-refractivity contribution in [1.82, 2.24) is 14.5 Å². The summed E-state index contributed by atoms with van der Waals surface area (Å²) in [4.78, 5) is 20.3. The van der Waals surface area contributed by atoms with Crippen LogP contribution in [0.15, 0.2) is 40.3 Å². The predicted molar refractivity (Wildman–Crippen MR) is 92.8 cm³/mol. The van der Waals surface area contributed by atoms with Crippen LogP contribution in [0.2, 0.25) is 0 Å². The van der Waals surface area contributed by atoms with Crippen LogP contribution in [0.25, 0.3) is 10.8 Å². The Bertz CT molecular complexity index is 863. The van der Waals surface area contributed by atoms with E-state index in [0.717, 1.165) is 29.4 Å². The van der Waals surface area contributed by atoms with Gasteiger partial charge >= 0.3 is 0 Å². The van der Waals surface area contributed by atoms with Gasteiger partial charge in [-0.05, 0) is 37.4 Å². The summed E-state index contributed by atoms with van der Waals surface area (Å²) in [7, 11) is 0. The summed E-state index contributed by atoms with van der Waals surface area (Å²) in [5, 5.41) is 1.99. The van der Waals surface area contributed by atoms with E-state index in [1.165, 1.54) is 5.69 Å². The van der Waals surface area contributed by atoms with E-state index in [1.807, 2.05) is 35.4 Å². The lowest BCUT2D eigenvalue weighted by Crippen LogP contribution is -2.41. The Morgan fingerprint density at radius 3 is 3.04 bits per heavy atom. The Morgan fingerprint density at radius 1 is 1.38 bits per heavy atom. The Kier molecular flexibility index (Phi) is 3.76. The molecular weight excluding hydrogens is 322 g/mol. The number of aromatic nitrogens is 2. The zero-order chi connectivity index (χ0) is 16.7. The Labute approximate surface area is 144 Å². The standard InChI is InChI=1S/C18H19N3O2S/c1-12-15-5-3-7-20(15)8-9-21(12)17(22)11-14-13(2)23-18(19-14)16-6-4-10-24-16/h3-7,10,12H,8-9,11H2,1-2H3. The number of rotatable bonds is 3. The van der Waals surface area contributed by atoms with E-state index >= 15 is 0 Å². The van der Waals surface area contributed by atoms with Gasteiger partial charge in [-0.2, -0.15) is 0 Å². The molecule has 124 valence electrons. The van der Waals surface area contributed by atoms with Crippen LogP contribution in [0.5, 0.6) is 0 Å². The van der Waals surface area contributed by atoms with Crippen molar-refractivity contribution in [2.75, 3.05) is 6.54 Å². The highest BCUT2D eigenvalue weighted by Crippen LogP contribution is 2.28. The first-order valence-corrected chi connectivity index (χ1v) is 8.96. The maximum atomic E-state index is 12.8. The van der Waals surface area contributed by atoms with E-state index in [4.69, 9.17) is 4.42 Å². The van der Waals surface area contributed by atoms with Gasteiger partial charge in [0, 0.05) is 25.0 Å². The van der Waals surface area contributed by atoms with Crippen molar-refractivity contribution in [3.63, 3.8) is 0 Å². The molecule has 0 N–H and O–H groups in total. The fourth-order valence-corrected chi connectivity index (χ4v) is 3.91. The molecule has 1 aliphatic heterocycles. The number of aryl methyl sites for hydroxylation is 1. The highest BCUT2D eigenvalue weighted by atomic mass is 32.1. The molecule has 0 aliphatic carbocycles. The topological polar surface area (TPSA) is 51.3 Å². The zero-order valence-electron chi connectivity index (χ0n) is 13.7. The van der Waals surface area contributed by atoms with Gasteiger partial charge in [0.15, 0.2) is 0 Å². The molecule has 0 saturated heterocycles. The van der Waals surface area contributed by atoms with Crippen LogP contribution in [-0.2, 0) is 17.8 Å². The van der Waals surface area contributed by atoms with Gasteiger partial charge in [0.25, 0.3) is 0 Å². The molecule has 4 heterocycles. The number of fused-ring (bicyclic) bond motifs is 1. The van der Waals surface area contributed by atoms with Gasteiger partial charge in [0.1, 0.15) is 5.76 Å². The molecule has 1 amide bonds. The minimum Gasteiger partial charge on any atom is -0.440 e. The lowest BCUT2D eigenvalue weighted by atomic mass is 10.1. The van der Waals surface area contributed by atoms with Crippen LogP contribution in [0.1, 0.15) is 30.1 Å². The third-order valence-electron chi connectivity index (χ3n) is 4.61. The van der Waals surface area contributed by atoms with Crippen molar-refractivity contribution < 1.29 is 9.21 Å². The number of thiophene rings is 1. The first kappa shape index (κ1) is 15.2. The largest absolute Gasteiger partial charge is 0.440 e. The highest BCUT2D eigenvalue weighted by molar-refractivity contribution is 7.13. The quantitative estimate of drug-likeness (QED) is 0.730. The minimum atomic E-state index is 0.0882. The predicted octanol–water partition coefficient (Wildman–Crippen LogP) is 3.66. The molecule has 0 spiro atoms. The molecule has 0 radical (unpaired) electrons. The summed E-state index contributed by atoms with van der Waals surface area (Å²) in [5.41, 5.74) is 1.92. The fourth-order valence-electron chi connectivity index (χ4n) is 3.26. The van der Waals surface area contributed by atoms with Gasteiger partial charge in [-0.25, -0.2) is 4.98 Å². The third-order valence-corrected chi connectivity index (χ3v) is 5.46. The molecule has 1 aliphatic rings. The molecule has 1 atom stereocenters. The van der Waals surface area contributed by atoms with Crippen molar-refractivity contribution in [1.29, 1.82) is 0 Å². The van der Waals surface area contributed by atoms with Crippen LogP contribution < -0.4 is 0 Å². The average Bonchev–Trinajstić information content (AvgIpc) is 3.28. The van der Waals surface area contributed by atoms with Crippen LogP contribution in [0.4, 0.5) is 0 Å². The monoisotopic (exact) mass is 341 g/mol. The summed E-state index contributed by atoms with van der Waals surface area (Å²) in [6.45, 7) is 5.53. The van der Waals surface area contributed by atoms with Crippen molar-refractivity contribution >= 4 is 17.2 Å². The molecule has 24 heavy (non-hydrogen) atoms. The first-order chi connectivity index (χ1) is 11.6. The Balaban J connectivity index is 1.53. The molecule has 5 nitrogen and oxygen atoms in total. The highest BCUT2D eigenvalue weighted by Gasteiger charge is 2.28. The van der Waals surface area contributed by atoms with Crippen molar-refractivity contribution in [2.24, 2.45) is 0 Å². The molecular formula is C18H19N3O2S. The third kappa shape index (κ3) is 2.57.